The molecule has 4 aromatic carbocycles. The van der Waals surface area contributed by atoms with Crippen LogP contribution in [-0.4, -0.2) is 28.5 Å². The van der Waals surface area contributed by atoms with E-state index in [1.54, 1.807) is 54.6 Å². The van der Waals surface area contributed by atoms with Crippen LogP contribution in [0.5, 0.6) is 0 Å². The Labute approximate surface area is 254 Å². The van der Waals surface area contributed by atoms with Gasteiger partial charge in [-0.05, 0) is 84.8 Å². The summed E-state index contributed by atoms with van der Waals surface area (Å²) in [5, 5.41) is 0. The standard InChI is InChI=1S/C32H28INO5S2/c1-22-13-17-24(18-14-22)30(33)29-27-11-7-8-12-28(27)34(41(38,39)26-9-5-4-6-10-26)31(35)32(29,3)21-40(36,37)25-19-15-23(2)16-20-25/h4-20H,21H2,1-3H3/b30-29-. The molecule has 210 valence electrons. The number of amides is 1. The number of carbonyl (C=O) groups is 1. The molecule has 0 bridgehead atoms. The summed E-state index contributed by atoms with van der Waals surface area (Å²) >= 11 is 2.15. The Kier molecular flexibility index (Phi) is 7.73. The molecule has 0 saturated heterocycles. The Morgan fingerprint density at radius 3 is 1.88 bits per heavy atom. The van der Waals surface area contributed by atoms with Gasteiger partial charge in [-0.3, -0.25) is 4.79 Å². The maximum absolute atomic E-state index is 14.6. The fourth-order valence-corrected chi connectivity index (χ4v) is 9.62. The molecule has 1 aliphatic rings. The molecule has 0 spiro atoms. The van der Waals surface area contributed by atoms with E-state index < -0.39 is 36.9 Å². The molecule has 0 aliphatic carbocycles. The number of carbonyl (C=O) groups excluding carboxylic acids is 1. The Balaban J connectivity index is 1.81. The Bertz CT molecular complexity index is 1880. The molecular formula is C32H28INO5S2. The second kappa shape index (κ2) is 10.8. The third-order valence-corrected chi connectivity index (χ3v) is 12.1. The van der Waals surface area contributed by atoms with E-state index in [-0.39, 0.29) is 15.5 Å². The van der Waals surface area contributed by atoms with E-state index in [9.17, 15) is 21.6 Å². The van der Waals surface area contributed by atoms with Crippen molar-refractivity contribution >= 4 is 63.2 Å². The number of anilines is 1. The van der Waals surface area contributed by atoms with Crippen LogP contribution < -0.4 is 4.31 Å². The summed E-state index contributed by atoms with van der Waals surface area (Å²) in [5.74, 6) is -1.45. The number of sulfone groups is 1. The van der Waals surface area contributed by atoms with E-state index in [2.05, 4.69) is 22.6 Å². The van der Waals surface area contributed by atoms with Crippen molar-refractivity contribution in [3.8, 4) is 0 Å². The molecule has 1 amide bonds. The number of para-hydroxylation sites is 1. The second-order valence-electron chi connectivity index (χ2n) is 10.4. The first-order chi connectivity index (χ1) is 19.4. The minimum Gasteiger partial charge on any atom is -0.272 e. The Hall–Kier alpha value is -3.28. The van der Waals surface area contributed by atoms with Crippen molar-refractivity contribution in [2.24, 2.45) is 5.41 Å². The number of hydrogen-bond acceptors (Lipinski definition) is 5. The summed E-state index contributed by atoms with van der Waals surface area (Å²) in [6.07, 6.45) is 0. The molecule has 4 aromatic rings. The summed E-state index contributed by atoms with van der Waals surface area (Å²) in [7, 11) is -8.42. The van der Waals surface area contributed by atoms with Crippen molar-refractivity contribution in [2.45, 2.75) is 30.6 Å². The van der Waals surface area contributed by atoms with Gasteiger partial charge in [0, 0.05) is 9.14 Å². The molecule has 6 nitrogen and oxygen atoms in total. The molecule has 1 atom stereocenters. The summed E-state index contributed by atoms with van der Waals surface area (Å²) in [5.41, 5.74) is 2.13. The number of sulfonamides is 1. The minimum atomic E-state index is -4.38. The highest BCUT2D eigenvalue weighted by Gasteiger charge is 2.53. The fraction of sp³-hybridized carbons (Fsp3) is 0.156. The number of halogens is 1. The van der Waals surface area contributed by atoms with E-state index in [1.807, 2.05) is 38.1 Å². The zero-order chi connectivity index (χ0) is 29.6. The molecule has 0 fully saturated rings. The number of benzene rings is 4. The summed E-state index contributed by atoms with van der Waals surface area (Å²) in [6.45, 7) is 5.36. The van der Waals surface area contributed by atoms with Gasteiger partial charge in [-0.2, -0.15) is 0 Å². The molecule has 0 saturated carbocycles. The average Bonchev–Trinajstić information content (AvgIpc) is 2.94. The third kappa shape index (κ3) is 5.26. The van der Waals surface area contributed by atoms with Crippen LogP contribution >= 0.6 is 22.6 Å². The van der Waals surface area contributed by atoms with Gasteiger partial charge in [-0.15, -0.1) is 0 Å². The van der Waals surface area contributed by atoms with Gasteiger partial charge in [0.1, 0.15) is 0 Å². The van der Waals surface area contributed by atoms with Gasteiger partial charge in [0.25, 0.3) is 15.9 Å². The first-order valence-corrected chi connectivity index (χ1v) is 17.0. The van der Waals surface area contributed by atoms with Crippen molar-refractivity contribution in [3.05, 3.63) is 125 Å². The molecule has 0 N–H and O–H groups in total. The lowest BCUT2D eigenvalue weighted by atomic mass is 9.75. The topological polar surface area (TPSA) is 88.6 Å². The van der Waals surface area contributed by atoms with E-state index in [0.717, 1.165) is 21.0 Å². The van der Waals surface area contributed by atoms with Gasteiger partial charge >= 0.3 is 0 Å². The van der Waals surface area contributed by atoms with Crippen LogP contribution in [0.4, 0.5) is 5.69 Å². The van der Waals surface area contributed by atoms with Crippen LogP contribution in [0.15, 0.2) is 113 Å². The number of nitrogens with zero attached hydrogens (tertiary/aromatic N) is 1. The highest BCUT2D eigenvalue weighted by atomic mass is 127. The van der Waals surface area contributed by atoms with Crippen molar-refractivity contribution in [2.75, 3.05) is 10.1 Å². The van der Waals surface area contributed by atoms with Crippen LogP contribution in [0.3, 0.4) is 0 Å². The summed E-state index contributed by atoms with van der Waals surface area (Å²) < 4.78 is 57.3. The predicted octanol–water partition coefficient (Wildman–Crippen LogP) is 6.82. The minimum absolute atomic E-state index is 0.0624. The van der Waals surface area contributed by atoms with Gasteiger partial charge in [0.15, 0.2) is 9.84 Å². The van der Waals surface area contributed by atoms with Crippen molar-refractivity contribution in [1.29, 1.82) is 0 Å². The molecule has 1 heterocycles. The summed E-state index contributed by atoms with van der Waals surface area (Å²) in [4.78, 5) is 14.6. The monoisotopic (exact) mass is 697 g/mol. The molecule has 5 rings (SSSR count). The first-order valence-electron chi connectivity index (χ1n) is 12.9. The number of aryl methyl sites for hydroxylation is 2. The highest BCUT2D eigenvalue weighted by Crippen LogP contribution is 2.53. The van der Waals surface area contributed by atoms with Crippen LogP contribution in [0.25, 0.3) is 9.15 Å². The van der Waals surface area contributed by atoms with E-state index in [4.69, 9.17) is 0 Å². The number of rotatable bonds is 6. The maximum atomic E-state index is 14.6. The Morgan fingerprint density at radius 1 is 0.732 bits per heavy atom. The lowest BCUT2D eigenvalue weighted by Crippen LogP contribution is -2.52. The normalized spacial score (nSPS) is 18.6. The average molecular weight is 698 g/mol. The quantitative estimate of drug-likeness (QED) is 0.207. The predicted molar refractivity (Wildman–Crippen MR) is 171 cm³/mol. The third-order valence-electron chi connectivity index (χ3n) is 7.27. The maximum Gasteiger partial charge on any atom is 0.270 e. The van der Waals surface area contributed by atoms with Crippen LogP contribution in [0.1, 0.15) is 29.2 Å². The van der Waals surface area contributed by atoms with Crippen molar-refractivity contribution in [3.63, 3.8) is 0 Å². The Morgan fingerprint density at radius 2 is 1.27 bits per heavy atom. The largest absolute Gasteiger partial charge is 0.272 e. The summed E-state index contributed by atoms with van der Waals surface area (Å²) in [6, 6.07) is 28.6. The van der Waals surface area contributed by atoms with Gasteiger partial charge < -0.3 is 0 Å². The van der Waals surface area contributed by atoms with Crippen LogP contribution in [-0.2, 0) is 24.7 Å². The van der Waals surface area contributed by atoms with Gasteiger partial charge in [-0.25, -0.2) is 21.1 Å². The van der Waals surface area contributed by atoms with Gasteiger partial charge in [0.2, 0.25) is 0 Å². The molecule has 1 unspecified atom stereocenters. The zero-order valence-electron chi connectivity index (χ0n) is 22.7. The van der Waals surface area contributed by atoms with Crippen LogP contribution in [0, 0.1) is 19.3 Å². The van der Waals surface area contributed by atoms with Gasteiger partial charge in [0.05, 0.1) is 26.6 Å². The SMILES string of the molecule is Cc1ccc(/C(I)=C2\c3ccccc3N(S(=O)(=O)c3ccccc3)C(=O)C2(C)CS(=O)(=O)c2ccc(C)cc2)cc1. The van der Waals surface area contributed by atoms with Gasteiger partial charge in [-0.1, -0.05) is 83.9 Å². The molecule has 9 heteroatoms. The lowest BCUT2D eigenvalue weighted by Gasteiger charge is -2.42. The molecule has 0 radical (unpaired) electrons. The van der Waals surface area contributed by atoms with E-state index in [1.165, 1.54) is 31.2 Å². The fourth-order valence-electron chi connectivity index (χ4n) is 5.08. The highest BCUT2D eigenvalue weighted by molar-refractivity contribution is 14.1. The molecule has 41 heavy (non-hydrogen) atoms. The smallest absolute Gasteiger partial charge is 0.270 e. The second-order valence-corrected chi connectivity index (χ2v) is 15.2. The zero-order valence-corrected chi connectivity index (χ0v) is 26.5. The van der Waals surface area contributed by atoms with Crippen molar-refractivity contribution in [1.82, 2.24) is 0 Å². The number of fused-ring (bicyclic) bond motifs is 1. The van der Waals surface area contributed by atoms with E-state index in [0.29, 0.717) is 14.7 Å². The van der Waals surface area contributed by atoms with E-state index >= 15 is 0 Å². The van der Waals surface area contributed by atoms with Crippen LogP contribution in [0.2, 0.25) is 0 Å². The molecule has 0 aromatic heterocycles. The number of hydrogen-bond donors (Lipinski definition) is 0. The lowest BCUT2D eigenvalue weighted by molar-refractivity contribution is -0.122. The molecular weight excluding hydrogens is 669 g/mol. The first kappa shape index (κ1) is 29.2. The van der Waals surface area contributed by atoms with Crippen molar-refractivity contribution < 1.29 is 21.6 Å². The molecule has 1 aliphatic heterocycles.